The van der Waals surface area contributed by atoms with Crippen molar-refractivity contribution in [2.45, 2.75) is 11.8 Å². The molecule has 0 radical (unpaired) electrons. The van der Waals surface area contributed by atoms with Gasteiger partial charge < -0.3 is 4.84 Å². The van der Waals surface area contributed by atoms with E-state index in [4.69, 9.17) is 4.84 Å². The van der Waals surface area contributed by atoms with Gasteiger partial charge in [0.15, 0.2) is 0 Å². The van der Waals surface area contributed by atoms with Crippen LogP contribution < -0.4 is 4.89 Å². The number of benzene rings is 2. The van der Waals surface area contributed by atoms with Gasteiger partial charge in [-0.1, -0.05) is 36.4 Å². The van der Waals surface area contributed by atoms with Gasteiger partial charge in [0.05, 0.1) is 16.0 Å². The molecule has 0 unspecified atom stereocenters. The number of para-hydroxylation sites is 1. The molecule has 0 bridgehead atoms. The summed E-state index contributed by atoms with van der Waals surface area (Å²) in [6.45, 7) is 1.66. The summed E-state index contributed by atoms with van der Waals surface area (Å²) >= 11 is 0. The first-order chi connectivity index (χ1) is 11.5. The fourth-order valence-corrected chi connectivity index (χ4v) is 3.35. The van der Waals surface area contributed by atoms with Gasteiger partial charge in [-0.25, -0.2) is 13.2 Å². The molecule has 0 saturated carbocycles. The molecule has 3 rings (SSSR count). The highest BCUT2D eigenvalue weighted by molar-refractivity contribution is 7.89. The van der Waals surface area contributed by atoms with Crippen molar-refractivity contribution >= 4 is 26.9 Å². The van der Waals surface area contributed by atoms with Crippen molar-refractivity contribution in [2.24, 2.45) is 0 Å². The van der Waals surface area contributed by atoms with E-state index < -0.39 is 16.0 Å². The van der Waals surface area contributed by atoms with Crippen LogP contribution in [0.4, 0.5) is 0 Å². The van der Waals surface area contributed by atoms with Crippen molar-refractivity contribution in [1.29, 1.82) is 0 Å². The Balaban J connectivity index is 1.84. The average molecular weight is 342 g/mol. The second kappa shape index (κ2) is 6.38. The van der Waals surface area contributed by atoms with E-state index in [-0.39, 0.29) is 10.5 Å². The van der Waals surface area contributed by atoms with Gasteiger partial charge in [-0.2, -0.15) is 0 Å². The highest BCUT2D eigenvalue weighted by Crippen LogP contribution is 2.18. The lowest BCUT2D eigenvalue weighted by atomic mass is 10.1. The molecule has 0 aliphatic carbocycles. The zero-order valence-electron chi connectivity index (χ0n) is 12.8. The van der Waals surface area contributed by atoms with Crippen LogP contribution in [-0.2, 0) is 14.9 Å². The minimum atomic E-state index is -3.96. The topological polar surface area (TPSA) is 85.4 Å². The second-order valence-electron chi connectivity index (χ2n) is 5.12. The Bertz CT molecular complexity index is 1010. The van der Waals surface area contributed by atoms with E-state index in [9.17, 15) is 13.2 Å². The highest BCUT2D eigenvalue weighted by Gasteiger charge is 2.20. The first-order valence-corrected chi connectivity index (χ1v) is 8.60. The standard InChI is InChI=1S/C17H14N2O4S/c1-12-6-2-5-9-16(12)24(21,22)19-23-17(20)14-10-11-18-15-8-4-3-7-13(14)15/h2-11,19H,1H3. The van der Waals surface area contributed by atoms with E-state index in [2.05, 4.69) is 4.98 Å². The first kappa shape index (κ1) is 16.1. The quantitative estimate of drug-likeness (QED) is 0.737. The molecule has 122 valence electrons. The van der Waals surface area contributed by atoms with Crippen molar-refractivity contribution < 1.29 is 18.0 Å². The number of carbonyl (C=O) groups excluding carboxylic acids is 1. The Morgan fingerprint density at radius 1 is 1.04 bits per heavy atom. The number of nitrogens with zero attached hydrogens (tertiary/aromatic N) is 1. The van der Waals surface area contributed by atoms with Gasteiger partial charge in [0.25, 0.3) is 10.0 Å². The van der Waals surface area contributed by atoms with Crippen molar-refractivity contribution in [2.75, 3.05) is 0 Å². The summed E-state index contributed by atoms with van der Waals surface area (Å²) in [6, 6.07) is 14.9. The molecular weight excluding hydrogens is 328 g/mol. The molecule has 0 amide bonds. The van der Waals surface area contributed by atoms with Crippen LogP contribution in [-0.4, -0.2) is 19.4 Å². The van der Waals surface area contributed by atoms with E-state index in [1.165, 1.54) is 18.3 Å². The van der Waals surface area contributed by atoms with Crippen LogP contribution in [0.2, 0.25) is 0 Å². The predicted molar refractivity (Wildman–Crippen MR) is 88.7 cm³/mol. The number of pyridine rings is 1. The molecule has 24 heavy (non-hydrogen) atoms. The summed E-state index contributed by atoms with van der Waals surface area (Å²) in [7, 11) is -3.96. The van der Waals surface area contributed by atoms with Crippen molar-refractivity contribution in [3.8, 4) is 0 Å². The molecule has 0 atom stereocenters. The molecule has 0 spiro atoms. The SMILES string of the molecule is Cc1ccccc1S(=O)(=O)NOC(=O)c1ccnc2ccccc12. The van der Waals surface area contributed by atoms with Crippen molar-refractivity contribution in [3.63, 3.8) is 0 Å². The molecule has 0 aliphatic rings. The Morgan fingerprint density at radius 2 is 1.75 bits per heavy atom. The molecule has 7 heteroatoms. The lowest BCUT2D eigenvalue weighted by Crippen LogP contribution is -2.28. The molecule has 0 saturated heterocycles. The number of rotatable bonds is 4. The Kier molecular flexibility index (Phi) is 4.28. The van der Waals surface area contributed by atoms with E-state index >= 15 is 0 Å². The molecule has 1 aromatic heterocycles. The zero-order chi connectivity index (χ0) is 17.2. The van der Waals surface area contributed by atoms with Crippen molar-refractivity contribution in [1.82, 2.24) is 9.87 Å². The van der Waals surface area contributed by atoms with E-state index in [1.54, 1.807) is 49.4 Å². The van der Waals surface area contributed by atoms with Gasteiger partial charge in [0.1, 0.15) is 0 Å². The molecule has 1 heterocycles. The summed E-state index contributed by atoms with van der Waals surface area (Å²) < 4.78 is 24.5. The number of hydrogen-bond acceptors (Lipinski definition) is 5. The van der Waals surface area contributed by atoms with Gasteiger partial charge >= 0.3 is 5.97 Å². The van der Waals surface area contributed by atoms with E-state index in [0.29, 0.717) is 16.5 Å². The molecule has 3 aromatic rings. The van der Waals surface area contributed by atoms with Crippen LogP contribution in [0.1, 0.15) is 15.9 Å². The third-order valence-electron chi connectivity index (χ3n) is 3.50. The molecule has 0 fully saturated rings. The van der Waals surface area contributed by atoms with E-state index in [0.717, 1.165) is 0 Å². The van der Waals surface area contributed by atoms with Gasteiger partial charge in [-0.15, -0.1) is 0 Å². The maximum Gasteiger partial charge on any atom is 0.358 e. The number of sulfonamides is 1. The fraction of sp³-hybridized carbons (Fsp3) is 0.0588. The second-order valence-corrected chi connectivity index (χ2v) is 6.73. The van der Waals surface area contributed by atoms with Crippen molar-refractivity contribution in [3.05, 3.63) is 71.9 Å². The van der Waals surface area contributed by atoms with Gasteiger partial charge in [0.2, 0.25) is 0 Å². The van der Waals surface area contributed by atoms with Crippen LogP contribution in [0, 0.1) is 6.92 Å². The van der Waals surface area contributed by atoms with Crippen LogP contribution >= 0.6 is 0 Å². The fourth-order valence-electron chi connectivity index (χ4n) is 2.32. The largest absolute Gasteiger partial charge is 0.358 e. The molecular formula is C17H14N2O4S. The number of aromatic nitrogens is 1. The number of nitrogens with one attached hydrogen (secondary N) is 1. The Morgan fingerprint density at radius 3 is 2.54 bits per heavy atom. The minimum absolute atomic E-state index is 0.0531. The monoisotopic (exact) mass is 342 g/mol. The molecule has 1 N–H and O–H groups in total. The number of fused-ring (bicyclic) bond motifs is 1. The van der Waals surface area contributed by atoms with E-state index in [1.807, 2.05) is 4.89 Å². The maximum absolute atomic E-state index is 12.3. The molecule has 6 nitrogen and oxygen atoms in total. The third kappa shape index (κ3) is 3.12. The predicted octanol–water partition coefficient (Wildman–Crippen LogP) is 2.59. The van der Waals surface area contributed by atoms with Crippen LogP contribution in [0.15, 0.2) is 65.7 Å². The minimum Gasteiger partial charge on any atom is -0.351 e. The Hall–Kier alpha value is -2.77. The van der Waals surface area contributed by atoms with Gasteiger partial charge in [-0.05, 0) is 35.6 Å². The summed E-state index contributed by atoms with van der Waals surface area (Å²) in [5.41, 5.74) is 1.40. The number of hydrogen-bond donors (Lipinski definition) is 1. The third-order valence-corrected chi connectivity index (χ3v) is 4.84. The lowest BCUT2D eigenvalue weighted by Gasteiger charge is -2.10. The average Bonchev–Trinajstić information content (AvgIpc) is 2.59. The number of carbonyl (C=O) groups is 1. The molecule has 2 aromatic carbocycles. The van der Waals surface area contributed by atoms with Gasteiger partial charge in [-0.3, -0.25) is 4.98 Å². The smallest absolute Gasteiger partial charge is 0.351 e. The highest BCUT2D eigenvalue weighted by atomic mass is 32.2. The zero-order valence-corrected chi connectivity index (χ0v) is 13.6. The summed E-state index contributed by atoms with van der Waals surface area (Å²) in [5, 5.41) is 0.583. The van der Waals surface area contributed by atoms with Crippen LogP contribution in [0.3, 0.4) is 0 Å². The summed E-state index contributed by atoms with van der Waals surface area (Å²) in [5.74, 6) is -0.800. The molecule has 0 aliphatic heterocycles. The summed E-state index contributed by atoms with van der Waals surface area (Å²) in [4.78, 5) is 23.1. The summed E-state index contributed by atoms with van der Waals surface area (Å²) in [6.07, 6.45) is 1.47. The van der Waals surface area contributed by atoms with Crippen LogP contribution in [0.5, 0.6) is 0 Å². The lowest BCUT2D eigenvalue weighted by molar-refractivity contribution is 0.0409. The Labute approximate surface area is 139 Å². The number of aryl methyl sites for hydroxylation is 1. The van der Waals surface area contributed by atoms with Gasteiger partial charge in [0, 0.05) is 11.6 Å². The maximum atomic E-state index is 12.3. The van der Waals surface area contributed by atoms with Crippen LogP contribution in [0.25, 0.3) is 10.9 Å². The first-order valence-electron chi connectivity index (χ1n) is 7.11. The normalized spacial score (nSPS) is 11.4.